The highest BCUT2D eigenvalue weighted by Crippen LogP contribution is 2.27. The lowest BCUT2D eigenvalue weighted by Crippen LogP contribution is -2.17. The van der Waals surface area contributed by atoms with Crippen LogP contribution in [0.4, 0.5) is 11.4 Å². The van der Waals surface area contributed by atoms with Crippen molar-refractivity contribution in [2.75, 3.05) is 5.32 Å². The molecule has 1 N–H and O–H groups in total. The third kappa shape index (κ3) is 3.06. The van der Waals surface area contributed by atoms with Crippen molar-refractivity contribution >= 4 is 28.9 Å². The van der Waals surface area contributed by atoms with E-state index in [0.717, 1.165) is 0 Å². The molecule has 0 spiro atoms. The second-order valence-electron chi connectivity index (χ2n) is 3.87. The number of aryl methyl sites for hydroxylation is 1. The number of nitrogens with zero attached hydrogens (tertiary/aromatic N) is 5. The fraction of sp³-hybridized carbons (Fsp3) is 0.200. The van der Waals surface area contributed by atoms with Crippen LogP contribution in [0.3, 0.4) is 0 Å². The Bertz CT molecular complexity index is 671. The topological polar surface area (TPSA) is 116 Å². The molecule has 0 atom stereocenters. The number of rotatable bonds is 4. The van der Waals surface area contributed by atoms with Gasteiger partial charge in [-0.2, -0.15) is 0 Å². The van der Waals surface area contributed by atoms with Crippen LogP contribution in [0, 0.1) is 10.1 Å². The van der Waals surface area contributed by atoms with Gasteiger partial charge in [0.05, 0.1) is 11.3 Å². The summed E-state index contributed by atoms with van der Waals surface area (Å²) < 4.78 is 1.36. The molecule has 1 heterocycles. The van der Waals surface area contributed by atoms with E-state index in [4.69, 9.17) is 11.6 Å². The molecule has 0 saturated carbocycles. The summed E-state index contributed by atoms with van der Waals surface area (Å²) in [5, 5.41) is 23.9. The molecule has 0 unspecified atom stereocenters. The van der Waals surface area contributed by atoms with Crippen molar-refractivity contribution in [1.82, 2.24) is 20.2 Å². The summed E-state index contributed by atoms with van der Waals surface area (Å²) in [4.78, 5) is 21.9. The predicted molar refractivity (Wildman–Crippen MR) is 69.2 cm³/mol. The lowest BCUT2D eigenvalue weighted by molar-refractivity contribution is -0.384. The van der Waals surface area contributed by atoms with Gasteiger partial charge >= 0.3 is 0 Å². The number of tetrazole rings is 1. The third-order valence-electron chi connectivity index (χ3n) is 2.45. The van der Waals surface area contributed by atoms with Crippen molar-refractivity contribution in [3.63, 3.8) is 0 Å². The van der Waals surface area contributed by atoms with Gasteiger partial charge in [0.1, 0.15) is 5.02 Å². The molecule has 2 rings (SSSR count). The van der Waals surface area contributed by atoms with Crippen LogP contribution in [0.15, 0.2) is 18.2 Å². The summed E-state index contributed by atoms with van der Waals surface area (Å²) >= 11 is 5.68. The first-order valence-corrected chi connectivity index (χ1v) is 5.80. The summed E-state index contributed by atoms with van der Waals surface area (Å²) in [6.07, 6.45) is -0.0417. The van der Waals surface area contributed by atoms with E-state index in [-0.39, 0.29) is 28.7 Å². The molecular formula is C10H9ClN6O3. The van der Waals surface area contributed by atoms with E-state index in [1.54, 1.807) is 7.05 Å². The molecule has 104 valence electrons. The Kier molecular flexibility index (Phi) is 3.89. The van der Waals surface area contributed by atoms with Gasteiger partial charge in [-0.25, -0.2) is 4.68 Å². The first kappa shape index (κ1) is 13.9. The molecule has 0 fully saturated rings. The van der Waals surface area contributed by atoms with Gasteiger partial charge in [-0.1, -0.05) is 11.6 Å². The van der Waals surface area contributed by atoms with Crippen molar-refractivity contribution in [2.45, 2.75) is 6.42 Å². The van der Waals surface area contributed by atoms with Crippen molar-refractivity contribution in [2.24, 2.45) is 7.05 Å². The minimum Gasteiger partial charge on any atom is -0.325 e. The second-order valence-corrected chi connectivity index (χ2v) is 4.27. The van der Waals surface area contributed by atoms with Gasteiger partial charge in [0, 0.05) is 18.8 Å². The molecule has 1 aromatic heterocycles. The molecule has 0 aliphatic heterocycles. The molecule has 0 radical (unpaired) electrons. The zero-order chi connectivity index (χ0) is 14.7. The number of nitrogens with one attached hydrogen (secondary N) is 1. The molecule has 10 heteroatoms. The minimum absolute atomic E-state index is 0.00509. The maximum absolute atomic E-state index is 11.8. The molecule has 0 aliphatic rings. The minimum atomic E-state index is -0.620. The number of carbonyl (C=O) groups excluding carboxylic acids is 1. The van der Waals surface area contributed by atoms with Gasteiger partial charge in [0.25, 0.3) is 5.69 Å². The number of benzene rings is 1. The van der Waals surface area contributed by atoms with Crippen molar-refractivity contribution in [3.8, 4) is 0 Å². The predicted octanol–water partition coefficient (Wildman–Crippen LogP) is 0.953. The number of anilines is 1. The Morgan fingerprint density at radius 2 is 2.30 bits per heavy atom. The van der Waals surface area contributed by atoms with E-state index in [2.05, 4.69) is 20.8 Å². The Labute approximate surface area is 117 Å². The fourth-order valence-corrected chi connectivity index (χ4v) is 1.66. The average molecular weight is 297 g/mol. The summed E-state index contributed by atoms with van der Waals surface area (Å²) in [5.41, 5.74) is 0.00557. The number of hydrogen-bond donors (Lipinski definition) is 1. The molecule has 2 aromatic rings. The molecule has 0 saturated heterocycles. The van der Waals surface area contributed by atoms with Crippen molar-refractivity contribution in [1.29, 1.82) is 0 Å². The number of carbonyl (C=O) groups is 1. The highest BCUT2D eigenvalue weighted by atomic mass is 35.5. The lowest BCUT2D eigenvalue weighted by atomic mass is 10.2. The smallest absolute Gasteiger partial charge is 0.289 e. The van der Waals surface area contributed by atoms with E-state index in [1.165, 1.54) is 22.9 Å². The Balaban J connectivity index is 2.10. The lowest BCUT2D eigenvalue weighted by Gasteiger charge is -2.05. The van der Waals surface area contributed by atoms with Crippen LogP contribution >= 0.6 is 11.6 Å². The quantitative estimate of drug-likeness (QED) is 0.663. The number of halogens is 1. The number of hydrogen-bond acceptors (Lipinski definition) is 6. The normalized spacial score (nSPS) is 10.3. The molecule has 1 aromatic carbocycles. The van der Waals surface area contributed by atoms with E-state index in [9.17, 15) is 14.9 Å². The number of amides is 1. The highest BCUT2D eigenvalue weighted by molar-refractivity contribution is 6.32. The first-order chi connectivity index (χ1) is 9.47. The van der Waals surface area contributed by atoms with Gasteiger partial charge in [0.15, 0.2) is 5.82 Å². The number of aromatic nitrogens is 4. The van der Waals surface area contributed by atoms with Crippen LogP contribution in [0.5, 0.6) is 0 Å². The monoisotopic (exact) mass is 296 g/mol. The van der Waals surface area contributed by atoms with Gasteiger partial charge in [-0.05, 0) is 22.6 Å². The van der Waals surface area contributed by atoms with Crippen LogP contribution < -0.4 is 5.32 Å². The van der Waals surface area contributed by atoms with Crippen LogP contribution in [-0.2, 0) is 18.3 Å². The van der Waals surface area contributed by atoms with E-state index in [1.807, 2.05) is 0 Å². The van der Waals surface area contributed by atoms with Crippen LogP contribution in [0.2, 0.25) is 5.02 Å². The Morgan fingerprint density at radius 1 is 1.55 bits per heavy atom. The highest BCUT2D eigenvalue weighted by Gasteiger charge is 2.15. The summed E-state index contributed by atoms with van der Waals surface area (Å²) in [6.45, 7) is 0. The van der Waals surface area contributed by atoms with E-state index in [0.29, 0.717) is 5.82 Å². The first-order valence-electron chi connectivity index (χ1n) is 5.42. The molecule has 9 nitrogen and oxygen atoms in total. The Morgan fingerprint density at radius 3 is 2.90 bits per heavy atom. The van der Waals surface area contributed by atoms with Gasteiger partial charge in [-0.3, -0.25) is 14.9 Å². The van der Waals surface area contributed by atoms with Gasteiger partial charge < -0.3 is 5.32 Å². The van der Waals surface area contributed by atoms with Gasteiger partial charge in [0.2, 0.25) is 5.91 Å². The zero-order valence-electron chi connectivity index (χ0n) is 10.3. The fourth-order valence-electron chi connectivity index (χ4n) is 1.48. The number of nitro benzene ring substituents is 1. The molecule has 20 heavy (non-hydrogen) atoms. The standard InChI is InChI=1S/C10H9ClN6O3/c1-16-9(13-14-15-16)5-10(18)12-6-2-3-7(11)8(4-6)17(19)20/h2-4H,5H2,1H3,(H,12,18). The van der Waals surface area contributed by atoms with Crippen molar-refractivity contribution < 1.29 is 9.72 Å². The van der Waals surface area contributed by atoms with E-state index >= 15 is 0 Å². The summed E-state index contributed by atoms with van der Waals surface area (Å²) in [5.74, 6) is -0.00881. The number of nitro groups is 1. The molecule has 0 bridgehead atoms. The average Bonchev–Trinajstić information content (AvgIpc) is 2.77. The van der Waals surface area contributed by atoms with Gasteiger partial charge in [-0.15, -0.1) is 5.10 Å². The summed E-state index contributed by atoms with van der Waals surface area (Å²) in [6, 6.07) is 4.01. The maximum Gasteiger partial charge on any atom is 0.289 e. The van der Waals surface area contributed by atoms with Crippen molar-refractivity contribution in [3.05, 3.63) is 39.2 Å². The second kappa shape index (κ2) is 5.61. The maximum atomic E-state index is 11.8. The molecule has 0 aliphatic carbocycles. The van der Waals surface area contributed by atoms with Crippen LogP contribution in [0.1, 0.15) is 5.82 Å². The SMILES string of the molecule is Cn1nnnc1CC(=O)Nc1ccc(Cl)c([N+](=O)[O-])c1. The largest absolute Gasteiger partial charge is 0.325 e. The Hall–Kier alpha value is -2.55. The van der Waals surface area contributed by atoms with Crippen LogP contribution in [-0.4, -0.2) is 31.0 Å². The molecule has 1 amide bonds. The van der Waals surface area contributed by atoms with E-state index < -0.39 is 4.92 Å². The van der Waals surface area contributed by atoms with Crippen LogP contribution in [0.25, 0.3) is 0 Å². The third-order valence-corrected chi connectivity index (χ3v) is 2.77. The molecular weight excluding hydrogens is 288 g/mol. The summed E-state index contributed by atoms with van der Waals surface area (Å²) in [7, 11) is 1.61. The zero-order valence-corrected chi connectivity index (χ0v) is 11.0.